The van der Waals surface area contributed by atoms with Gasteiger partial charge in [0.05, 0.1) is 21.8 Å². The molecule has 0 saturated heterocycles. The van der Waals surface area contributed by atoms with Crippen LogP contribution in [0.2, 0.25) is 39.3 Å². The van der Waals surface area contributed by atoms with Crippen LogP contribution < -0.4 is 15.7 Å². The minimum absolute atomic E-state index is 0.204. The third kappa shape index (κ3) is 4.25. The summed E-state index contributed by atoms with van der Waals surface area (Å²) in [4.78, 5) is 30.1. The van der Waals surface area contributed by atoms with Crippen molar-refractivity contribution in [1.29, 1.82) is 0 Å². The zero-order valence-corrected chi connectivity index (χ0v) is 19.8. The molecule has 152 valence electrons. The summed E-state index contributed by atoms with van der Waals surface area (Å²) in [6.45, 7) is 13.2. The molecule has 2 aromatic carbocycles. The molecule has 2 aromatic rings. The van der Waals surface area contributed by atoms with E-state index in [2.05, 4.69) is 55.7 Å². The molecule has 0 fully saturated rings. The Balaban J connectivity index is 1.97. The number of para-hydroxylation sites is 1. The minimum atomic E-state index is -1.82. The van der Waals surface area contributed by atoms with Crippen molar-refractivity contribution in [2.24, 2.45) is 10.9 Å². The van der Waals surface area contributed by atoms with Gasteiger partial charge in [-0.3, -0.25) is 14.6 Å². The molecule has 1 atom stereocenters. The molecule has 0 aliphatic carbocycles. The van der Waals surface area contributed by atoms with Gasteiger partial charge in [0.15, 0.2) is 5.78 Å². The van der Waals surface area contributed by atoms with Crippen molar-refractivity contribution in [2.45, 2.75) is 39.3 Å². The van der Waals surface area contributed by atoms with Gasteiger partial charge in [0, 0.05) is 23.5 Å². The Labute approximate surface area is 173 Å². The van der Waals surface area contributed by atoms with Crippen LogP contribution in [0.5, 0.6) is 5.75 Å². The maximum Gasteiger partial charge on any atom is 0.240 e. The Bertz CT molecular complexity index is 1020. The Morgan fingerprint density at radius 3 is 2.24 bits per heavy atom. The quantitative estimate of drug-likeness (QED) is 0.581. The van der Waals surface area contributed by atoms with E-state index in [9.17, 15) is 14.7 Å². The van der Waals surface area contributed by atoms with E-state index in [1.165, 1.54) is 6.21 Å². The normalized spacial score (nSPS) is 16.5. The molecule has 0 aromatic heterocycles. The first-order valence-electron chi connectivity index (χ1n) is 9.76. The molecular formula is C22H28N2O3Si2. The maximum atomic E-state index is 13.0. The topological polar surface area (TPSA) is 78.8 Å². The van der Waals surface area contributed by atoms with Crippen molar-refractivity contribution in [2.75, 3.05) is 5.32 Å². The Hall–Kier alpha value is -2.52. The monoisotopic (exact) mass is 424 g/mol. The number of carbonyl (C=O) groups is 2. The molecule has 0 spiro atoms. The highest BCUT2D eigenvalue weighted by Gasteiger charge is 2.33. The van der Waals surface area contributed by atoms with E-state index in [1.807, 2.05) is 6.07 Å². The van der Waals surface area contributed by atoms with Crippen LogP contribution in [0.4, 0.5) is 11.4 Å². The van der Waals surface area contributed by atoms with Gasteiger partial charge in [-0.15, -0.1) is 0 Å². The lowest BCUT2D eigenvalue weighted by atomic mass is 9.94. The molecule has 2 N–H and O–H groups in total. The summed E-state index contributed by atoms with van der Waals surface area (Å²) in [5, 5.41) is 15.6. The number of ketones is 1. The molecule has 1 aliphatic heterocycles. The van der Waals surface area contributed by atoms with Crippen LogP contribution in [0.1, 0.15) is 10.4 Å². The number of amides is 1. The summed E-state index contributed by atoms with van der Waals surface area (Å²) >= 11 is 0. The number of nitrogens with one attached hydrogen (secondary N) is 1. The number of benzene rings is 2. The lowest BCUT2D eigenvalue weighted by Gasteiger charge is -2.27. The van der Waals surface area contributed by atoms with Crippen LogP contribution in [0, 0.1) is 5.92 Å². The van der Waals surface area contributed by atoms with E-state index in [1.54, 1.807) is 24.3 Å². The summed E-state index contributed by atoms with van der Waals surface area (Å²) < 4.78 is 0. The largest absolute Gasteiger partial charge is 0.508 e. The SMILES string of the molecule is C[Si](C)(C)c1cc([Si](C)(C)C)c(NC(=O)C2C=Nc3ccccc3C2=O)cc1O. The van der Waals surface area contributed by atoms with Crippen LogP contribution >= 0.6 is 0 Å². The highest BCUT2D eigenvalue weighted by atomic mass is 28.3. The number of anilines is 1. The Kier molecular flexibility index (Phi) is 5.40. The first-order chi connectivity index (χ1) is 13.4. The Morgan fingerprint density at radius 1 is 1.00 bits per heavy atom. The number of rotatable bonds is 4. The highest BCUT2D eigenvalue weighted by Crippen LogP contribution is 2.27. The smallest absolute Gasteiger partial charge is 0.240 e. The second kappa shape index (κ2) is 7.38. The summed E-state index contributed by atoms with van der Waals surface area (Å²) in [5.41, 5.74) is 1.63. The van der Waals surface area contributed by atoms with Crippen molar-refractivity contribution in [1.82, 2.24) is 0 Å². The van der Waals surface area contributed by atoms with Crippen molar-refractivity contribution in [3.63, 3.8) is 0 Å². The predicted molar refractivity (Wildman–Crippen MR) is 125 cm³/mol. The molecular weight excluding hydrogens is 396 g/mol. The Morgan fingerprint density at radius 2 is 1.62 bits per heavy atom. The lowest BCUT2D eigenvalue weighted by molar-refractivity contribution is -0.116. The highest BCUT2D eigenvalue weighted by molar-refractivity contribution is 6.92. The van der Waals surface area contributed by atoms with E-state index >= 15 is 0 Å². The molecule has 1 unspecified atom stereocenters. The van der Waals surface area contributed by atoms with Crippen molar-refractivity contribution in [3.05, 3.63) is 42.0 Å². The number of Topliss-reactive ketones (excluding diaryl/α,β-unsaturated/α-hetero) is 1. The molecule has 0 bridgehead atoms. The number of fused-ring (bicyclic) bond motifs is 1. The molecule has 5 nitrogen and oxygen atoms in total. The van der Waals surface area contributed by atoms with Crippen LogP contribution in [0.25, 0.3) is 0 Å². The molecule has 29 heavy (non-hydrogen) atoms. The molecule has 0 radical (unpaired) electrons. The van der Waals surface area contributed by atoms with Gasteiger partial charge >= 0.3 is 0 Å². The second-order valence-corrected chi connectivity index (χ2v) is 19.6. The van der Waals surface area contributed by atoms with Gasteiger partial charge in [-0.2, -0.15) is 0 Å². The van der Waals surface area contributed by atoms with E-state index < -0.39 is 28.0 Å². The van der Waals surface area contributed by atoms with Crippen molar-refractivity contribution in [3.8, 4) is 5.75 Å². The van der Waals surface area contributed by atoms with Crippen LogP contribution in [-0.2, 0) is 4.79 Å². The van der Waals surface area contributed by atoms with Gasteiger partial charge < -0.3 is 10.4 Å². The van der Waals surface area contributed by atoms with E-state index in [4.69, 9.17) is 0 Å². The first-order valence-corrected chi connectivity index (χ1v) is 16.8. The average Bonchev–Trinajstić information content (AvgIpc) is 2.60. The molecule has 1 heterocycles. The van der Waals surface area contributed by atoms with Gasteiger partial charge in [-0.25, -0.2) is 0 Å². The van der Waals surface area contributed by atoms with Gasteiger partial charge in [-0.1, -0.05) is 57.5 Å². The summed E-state index contributed by atoms with van der Waals surface area (Å²) in [6, 6.07) is 10.7. The molecule has 7 heteroatoms. The molecule has 0 saturated carbocycles. The number of hydrogen-bond acceptors (Lipinski definition) is 4. The molecule has 1 amide bonds. The number of hydrogen-bond donors (Lipinski definition) is 2. The second-order valence-electron chi connectivity index (χ2n) is 9.54. The number of phenolic OH excluding ortho intramolecular Hbond substituents is 1. The van der Waals surface area contributed by atoms with Gasteiger partial charge in [-0.05, 0) is 22.5 Å². The zero-order valence-electron chi connectivity index (χ0n) is 17.8. The van der Waals surface area contributed by atoms with E-state index in [-0.39, 0.29) is 11.5 Å². The average molecular weight is 425 g/mol. The standard InChI is InChI=1S/C22H28N2O3Si2/c1-28(2,3)19-12-20(29(4,5)6)18(25)11-17(19)24-22(27)15-13-23-16-10-8-7-9-14(16)21(15)26/h7-13,15,25H,1-6H3,(H,24,27). The fourth-order valence-corrected chi connectivity index (χ4v) is 6.58. The van der Waals surface area contributed by atoms with Crippen LogP contribution in [-0.4, -0.2) is 39.2 Å². The molecule has 3 rings (SSSR count). The predicted octanol–water partition coefficient (Wildman–Crippen LogP) is 3.64. The fraction of sp³-hybridized carbons (Fsp3) is 0.318. The third-order valence-corrected chi connectivity index (χ3v) is 9.15. The lowest BCUT2D eigenvalue weighted by Crippen LogP contribution is -2.47. The van der Waals surface area contributed by atoms with Crippen molar-refractivity contribution < 1.29 is 14.7 Å². The number of aliphatic imine (C=N–C) groups is 1. The first kappa shape index (κ1) is 21.2. The number of nitrogens with zero attached hydrogens (tertiary/aromatic N) is 1. The minimum Gasteiger partial charge on any atom is -0.508 e. The summed E-state index contributed by atoms with van der Waals surface area (Å²) in [5.74, 6) is -1.45. The maximum absolute atomic E-state index is 13.0. The number of carbonyl (C=O) groups excluding carboxylic acids is 2. The van der Waals surface area contributed by atoms with Crippen LogP contribution in [0.3, 0.4) is 0 Å². The van der Waals surface area contributed by atoms with Gasteiger partial charge in [0.2, 0.25) is 5.91 Å². The zero-order chi connectivity index (χ0) is 21.6. The van der Waals surface area contributed by atoms with E-state index in [0.29, 0.717) is 16.9 Å². The van der Waals surface area contributed by atoms with Gasteiger partial charge in [0.25, 0.3) is 0 Å². The fourth-order valence-electron chi connectivity index (χ4n) is 3.49. The van der Waals surface area contributed by atoms with Gasteiger partial charge in [0.1, 0.15) is 11.7 Å². The molecule has 1 aliphatic rings. The van der Waals surface area contributed by atoms with Crippen molar-refractivity contribution >= 4 is 55.8 Å². The number of phenols is 1. The summed E-state index contributed by atoms with van der Waals surface area (Å²) in [7, 11) is -3.57. The summed E-state index contributed by atoms with van der Waals surface area (Å²) in [6.07, 6.45) is 1.41. The third-order valence-electron chi connectivity index (χ3n) is 5.11. The van der Waals surface area contributed by atoms with E-state index in [0.717, 1.165) is 10.4 Å². The van der Waals surface area contributed by atoms with Crippen LogP contribution in [0.15, 0.2) is 41.4 Å². The number of aromatic hydroxyl groups is 1.